The van der Waals surface area contributed by atoms with Crippen molar-refractivity contribution in [2.24, 2.45) is 0 Å². The van der Waals surface area contributed by atoms with Crippen LogP contribution >= 0.6 is 11.8 Å². The maximum atomic E-state index is 5.09. The molecule has 62 heavy (non-hydrogen) atoms. The van der Waals surface area contributed by atoms with E-state index in [0.29, 0.717) is 17.5 Å². The van der Waals surface area contributed by atoms with Gasteiger partial charge in [0.1, 0.15) is 0 Å². The van der Waals surface area contributed by atoms with Gasteiger partial charge in [0, 0.05) is 26.5 Å². The Balaban J connectivity index is 0.924. The third-order valence-electron chi connectivity index (χ3n) is 12.4. The van der Waals surface area contributed by atoms with E-state index in [9.17, 15) is 0 Å². The van der Waals surface area contributed by atoms with Gasteiger partial charge in [0.05, 0.1) is 5.41 Å². The van der Waals surface area contributed by atoms with Gasteiger partial charge in [0.2, 0.25) is 0 Å². The molecule has 12 rings (SSSR count). The predicted octanol–water partition coefficient (Wildman–Crippen LogP) is 14.7. The van der Waals surface area contributed by atoms with E-state index in [-0.39, 0.29) is 5.41 Å². The first-order valence-corrected chi connectivity index (χ1v) is 21.8. The maximum Gasteiger partial charge on any atom is 0.164 e. The number of nitrogens with zero attached hydrogens (tertiary/aromatic N) is 3. The fraction of sp³-hybridized carbons (Fsp3) is 0.0172. The van der Waals surface area contributed by atoms with Gasteiger partial charge in [-0.1, -0.05) is 212 Å². The van der Waals surface area contributed by atoms with Crippen molar-refractivity contribution in [3.8, 4) is 78.7 Å². The maximum absolute atomic E-state index is 5.09. The zero-order valence-corrected chi connectivity index (χ0v) is 34.4. The number of aromatic nitrogens is 3. The normalized spacial score (nSPS) is 12.9. The highest BCUT2D eigenvalue weighted by molar-refractivity contribution is 7.99. The van der Waals surface area contributed by atoms with Crippen LogP contribution in [-0.2, 0) is 5.41 Å². The largest absolute Gasteiger partial charge is 0.208 e. The first-order chi connectivity index (χ1) is 30.7. The molecule has 2 heterocycles. The van der Waals surface area contributed by atoms with Gasteiger partial charge in [-0.3, -0.25) is 0 Å². The first kappa shape index (κ1) is 36.2. The van der Waals surface area contributed by atoms with Crippen LogP contribution in [0.3, 0.4) is 0 Å². The van der Waals surface area contributed by atoms with Gasteiger partial charge in [-0.25, -0.2) is 15.0 Å². The van der Waals surface area contributed by atoms with Gasteiger partial charge in [-0.15, -0.1) is 0 Å². The molecule has 0 saturated carbocycles. The molecular formula is C58H37N3S. The van der Waals surface area contributed by atoms with Crippen LogP contribution in [0.1, 0.15) is 22.3 Å². The van der Waals surface area contributed by atoms with Gasteiger partial charge in [-0.05, 0) is 91.0 Å². The summed E-state index contributed by atoms with van der Waals surface area (Å²) in [7, 11) is 0. The van der Waals surface area contributed by atoms with Gasteiger partial charge >= 0.3 is 0 Å². The van der Waals surface area contributed by atoms with Crippen LogP contribution < -0.4 is 0 Å². The molecule has 1 aliphatic carbocycles. The van der Waals surface area contributed by atoms with Crippen LogP contribution in [0.2, 0.25) is 0 Å². The van der Waals surface area contributed by atoms with Crippen molar-refractivity contribution in [3.63, 3.8) is 0 Å². The summed E-state index contributed by atoms with van der Waals surface area (Å²) in [5.74, 6) is 1.92. The van der Waals surface area contributed by atoms with E-state index in [1.54, 1.807) is 0 Å². The zero-order chi connectivity index (χ0) is 41.0. The van der Waals surface area contributed by atoms with Gasteiger partial charge in [0.25, 0.3) is 0 Å². The molecule has 0 fully saturated rings. The highest BCUT2D eigenvalue weighted by Gasteiger charge is 2.50. The lowest BCUT2D eigenvalue weighted by molar-refractivity contribution is 0.722. The van der Waals surface area contributed by atoms with Gasteiger partial charge < -0.3 is 0 Å². The molecule has 1 aromatic heterocycles. The lowest BCUT2D eigenvalue weighted by Crippen LogP contribution is -2.31. The molecule has 1 spiro atoms. The van der Waals surface area contributed by atoms with Crippen LogP contribution in [0.5, 0.6) is 0 Å². The molecule has 4 heteroatoms. The zero-order valence-electron chi connectivity index (χ0n) is 33.6. The van der Waals surface area contributed by atoms with E-state index in [1.165, 1.54) is 59.9 Å². The Morgan fingerprint density at radius 1 is 0.258 bits per heavy atom. The topological polar surface area (TPSA) is 38.7 Å². The van der Waals surface area contributed by atoms with E-state index < -0.39 is 0 Å². The lowest BCUT2D eigenvalue weighted by Gasteiger charge is -2.39. The van der Waals surface area contributed by atoms with Crippen LogP contribution in [0.25, 0.3) is 78.7 Å². The fourth-order valence-corrected chi connectivity index (χ4v) is 10.8. The van der Waals surface area contributed by atoms with Crippen molar-refractivity contribution in [2.45, 2.75) is 15.2 Å². The third-order valence-corrected chi connectivity index (χ3v) is 13.6. The number of hydrogen-bond donors (Lipinski definition) is 0. The standard InChI is InChI=1S/C58H37N3S/c1-3-15-38(16-4-1)39-29-31-41(32-30-39)56-59-55(40-17-5-2-6-18-40)60-57(61-56)46-22-14-21-44(36-46)42-19-13-20-43(35-42)45-33-34-52-54(37-45)62-53-28-12-11-27-51(53)58(52)49-25-9-7-23-47(49)48-24-8-10-26-50(48)58/h1-37H. The molecule has 10 aromatic rings. The Kier molecular flexibility index (Phi) is 8.65. The summed E-state index contributed by atoms with van der Waals surface area (Å²) in [4.78, 5) is 17.7. The van der Waals surface area contributed by atoms with Crippen molar-refractivity contribution in [2.75, 3.05) is 0 Å². The van der Waals surface area contributed by atoms with Crippen molar-refractivity contribution < 1.29 is 0 Å². The Labute approximate surface area is 365 Å². The number of hydrogen-bond acceptors (Lipinski definition) is 4. The van der Waals surface area contributed by atoms with E-state index in [2.05, 4.69) is 188 Å². The summed E-state index contributed by atoms with van der Waals surface area (Å²) in [6.07, 6.45) is 0. The Bertz CT molecular complexity index is 3280. The van der Waals surface area contributed by atoms with Gasteiger partial charge in [-0.2, -0.15) is 0 Å². The average Bonchev–Trinajstić information content (AvgIpc) is 3.65. The summed E-state index contributed by atoms with van der Waals surface area (Å²) in [6.45, 7) is 0. The number of fused-ring (bicyclic) bond motifs is 9. The van der Waals surface area contributed by atoms with Crippen LogP contribution in [-0.4, -0.2) is 15.0 Å². The molecule has 290 valence electrons. The minimum Gasteiger partial charge on any atom is -0.208 e. The fourth-order valence-electron chi connectivity index (χ4n) is 9.55. The lowest BCUT2D eigenvalue weighted by atomic mass is 9.67. The highest BCUT2D eigenvalue weighted by Crippen LogP contribution is 2.62. The Hall–Kier alpha value is -7.66. The number of benzene rings is 9. The van der Waals surface area contributed by atoms with Gasteiger partial charge in [0.15, 0.2) is 17.5 Å². The van der Waals surface area contributed by atoms with Crippen LogP contribution in [0.4, 0.5) is 0 Å². The third kappa shape index (κ3) is 5.94. The minimum absolute atomic E-state index is 0.383. The second-order valence-corrected chi connectivity index (χ2v) is 17.0. The molecular weight excluding hydrogens is 771 g/mol. The highest BCUT2D eigenvalue weighted by atomic mass is 32.2. The average molecular weight is 808 g/mol. The summed E-state index contributed by atoms with van der Waals surface area (Å²) >= 11 is 1.88. The summed E-state index contributed by atoms with van der Waals surface area (Å²) in [6, 6.07) is 80.5. The van der Waals surface area contributed by atoms with Crippen molar-refractivity contribution in [3.05, 3.63) is 247 Å². The second-order valence-electron chi connectivity index (χ2n) is 15.9. The van der Waals surface area contributed by atoms with E-state index >= 15 is 0 Å². The predicted molar refractivity (Wildman–Crippen MR) is 254 cm³/mol. The molecule has 2 aliphatic rings. The van der Waals surface area contributed by atoms with E-state index in [1.807, 2.05) is 48.2 Å². The monoisotopic (exact) mass is 807 g/mol. The molecule has 3 nitrogen and oxygen atoms in total. The molecule has 1 aliphatic heterocycles. The molecule has 0 atom stereocenters. The van der Waals surface area contributed by atoms with Crippen molar-refractivity contribution in [1.29, 1.82) is 0 Å². The molecule has 9 aromatic carbocycles. The molecule has 0 bridgehead atoms. The molecule has 0 radical (unpaired) electrons. The molecule has 0 saturated heterocycles. The molecule has 0 amide bonds. The van der Waals surface area contributed by atoms with E-state index in [0.717, 1.165) is 33.4 Å². The Morgan fingerprint density at radius 3 is 1.27 bits per heavy atom. The summed E-state index contributed by atoms with van der Waals surface area (Å²) < 4.78 is 0. The quantitative estimate of drug-likeness (QED) is 0.168. The van der Waals surface area contributed by atoms with Crippen molar-refractivity contribution >= 4 is 11.8 Å². The summed E-state index contributed by atoms with van der Waals surface area (Å²) in [5, 5.41) is 0. The Morgan fingerprint density at radius 2 is 0.645 bits per heavy atom. The first-order valence-electron chi connectivity index (χ1n) is 21.0. The SMILES string of the molecule is c1ccc(-c2ccc(-c3nc(-c4ccccc4)nc(-c4cccc(-c5cccc(-c6ccc7c(c6)Sc6ccccc6C76c7ccccc7-c7ccccc76)c5)c4)n3)cc2)cc1. The second kappa shape index (κ2) is 14.8. The summed E-state index contributed by atoms with van der Waals surface area (Å²) in [5.41, 5.74) is 17.4. The van der Waals surface area contributed by atoms with Crippen LogP contribution in [0, 0.1) is 0 Å². The number of rotatable bonds is 6. The molecule has 0 unspecified atom stereocenters. The smallest absolute Gasteiger partial charge is 0.164 e. The van der Waals surface area contributed by atoms with Crippen molar-refractivity contribution in [1.82, 2.24) is 15.0 Å². The van der Waals surface area contributed by atoms with E-state index in [4.69, 9.17) is 15.0 Å². The minimum atomic E-state index is -0.383. The molecule has 0 N–H and O–H groups in total. The van der Waals surface area contributed by atoms with Crippen LogP contribution in [0.15, 0.2) is 234 Å².